The van der Waals surface area contributed by atoms with Crippen LogP contribution < -0.4 is 20.1 Å². The van der Waals surface area contributed by atoms with E-state index in [9.17, 15) is 13.6 Å². The minimum absolute atomic E-state index is 0.0193. The molecule has 0 saturated carbocycles. The number of nitrogens with zero attached hydrogens (tertiary/aromatic N) is 1. The summed E-state index contributed by atoms with van der Waals surface area (Å²) in [6, 6.07) is 18.7. The molecule has 3 aromatic rings. The van der Waals surface area contributed by atoms with Crippen molar-refractivity contribution in [3.63, 3.8) is 0 Å². The quantitative estimate of drug-likeness (QED) is 0.471. The molecule has 1 unspecified atom stereocenters. The number of hydrogen-bond acceptors (Lipinski definition) is 4. The molecule has 0 fully saturated rings. The number of nitrogens with two attached hydrogens (primary N) is 1. The van der Waals surface area contributed by atoms with Gasteiger partial charge >= 0.3 is 0 Å². The van der Waals surface area contributed by atoms with Crippen molar-refractivity contribution in [2.24, 2.45) is 11.7 Å². The third-order valence-electron chi connectivity index (χ3n) is 5.92. The van der Waals surface area contributed by atoms with Crippen molar-refractivity contribution >= 4 is 11.6 Å². The van der Waals surface area contributed by atoms with E-state index in [-0.39, 0.29) is 37.3 Å². The Morgan fingerprint density at radius 3 is 2.53 bits per heavy atom. The van der Waals surface area contributed by atoms with Crippen LogP contribution in [0.2, 0.25) is 0 Å². The van der Waals surface area contributed by atoms with Crippen molar-refractivity contribution in [2.45, 2.75) is 19.3 Å². The fourth-order valence-corrected chi connectivity index (χ4v) is 4.16. The van der Waals surface area contributed by atoms with Crippen molar-refractivity contribution in [1.82, 2.24) is 0 Å². The van der Waals surface area contributed by atoms with E-state index in [2.05, 4.69) is 6.07 Å². The number of ether oxygens (including phenoxy) is 2. The smallest absolute Gasteiger partial charge is 0.231 e. The zero-order chi connectivity index (χ0) is 23.9. The Morgan fingerprint density at radius 1 is 1.00 bits per heavy atom. The minimum Gasteiger partial charge on any atom is -0.490 e. The van der Waals surface area contributed by atoms with Crippen molar-refractivity contribution in [2.75, 3.05) is 31.2 Å². The van der Waals surface area contributed by atoms with Gasteiger partial charge in [0.25, 0.3) is 0 Å². The summed E-state index contributed by atoms with van der Waals surface area (Å²) in [7, 11) is 0. The molecule has 178 valence electrons. The van der Waals surface area contributed by atoms with Gasteiger partial charge < -0.3 is 20.1 Å². The van der Waals surface area contributed by atoms with Crippen LogP contribution in [0, 0.1) is 17.6 Å². The Balaban J connectivity index is 1.29. The van der Waals surface area contributed by atoms with Gasteiger partial charge in [-0.2, -0.15) is 0 Å². The van der Waals surface area contributed by atoms with E-state index >= 15 is 0 Å². The lowest BCUT2D eigenvalue weighted by Gasteiger charge is -2.32. The summed E-state index contributed by atoms with van der Waals surface area (Å²) >= 11 is 0. The molecular weight excluding hydrogens is 438 g/mol. The fraction of sp³-hybridized carbons (Fsp3) is 0.296. The van der Waals surface area contributed by atoms with E-state index in [4.69, 9.17) is 15.2 Å². The topological polar surface area (TPSA) is 64.8 Å². The van der Waals surface area contributed by atoms with Gasteiger partial charge in [-0.15, -0.1) is 0 Å². The zero-order valence-corrected chi connectivity index (χ0v) is 18.9. The molecule has 0 spiro atoms. The van der Waals surface area contributed by atoms with Gasteiger partial charge in [-0.05, 0) is 60.7 Å². The second-order valence-electron chi connectivity index (χ2n) is 8.27. The number of para-hydroxylation sites is 1. The number of fused-ring (bicyclic) bond motifs is 1. The predicted molar refractivity (Wildman–Crippen MR) is 127 cm³/mol. The van der Waals surface area contributed by atoms with E-state index in [1.54, 1.807) is 0 Å². The highest BCUT2D eigenvalue weighted by Crippen LogP contribution is 2.28. The number of amides is 1. The van der Waals surface area contributed by atoms with Crippen molar-refractivity contribution in [3.8, 4) is 11.5 Å². The molecule has 5 nitrogen and oxygen atoms in total. The molecule has 2 N–H and O–H groups in total. The summed E-state index contributed by atoms with van der Waals surface area (Å²) in [6.07, 6.45) is 2.48. The lowest BCUT2D eigenvalue weighted by Crippen LogP contribution is -2.42. The van der Waals surface area contributed by atoms with Crippen LogP contribution in [-0.2, 0) is 17.6 Å². The van der Waals surface area contributed by atoms with Crippen LogP contribution in [0.3, 0.4) is 0 Å². The Labute approximate surface area is 198 Å². The molecule has 0 bridgehead atoms. The summed E-state index contributed by atoms with van der Waals surface area (Å²) in [4.78, 5) is 15.1. The number of carbonyl (C=O) groups is 1. The van der Waals surface area contributed by atoms with Gasteiger partial charge in [0.2, 0.25) is 5.91 Å². The number of benzene rings is 3. The molecule has 1 aliphatic rings. The summed E-state index contributed by atoms with van der Waals surface area (Å²) in [5.41, 5.74) is 9.17. The molecule has 0 radical (unpaired) electrons. The van der Waals surface area contributed by atoms with Gasteiger partial charge in [-0.25, -0.2) is 8.78 Å². The maximum absolute atomic E-state index is 13.6. The maximum atomic E-state index is 13.6. The number of hydrogen-bond donors (Lipinski definition) is 1. The first kappa shape index (κ1) is 23.7. The third-order valence-corrected chi connectivity index (χ3v) is 5.92. The average molecular weight is 467 g/mol. The molecule has 0 aliphatic carbocycles. The van der Waals surface area contributed by atoms with Gasteiger partial charge in [-0.1, -0.05) is 30.3 Å². The van der Waals surface area contributed by atoms with Crippen molar-refractivity contribution in [3.05, 3.63) is 89.5 Å². The zero-order valence-electron chi connectivity index (χ0n) is 18.9. The van der Waals surface area contributed by atoms with Crippen molar-refractivity contribution in [1.29, 1.82) is 0 Å². The second kappa shape index (κ2) is 11.1. The first-order valence-electron chi connectivity index (χ1n) is 11.4. The monoisotopic (exact) mass is 466 g/mol. The maximum Gasteiger partial charge on any atom is 0.231 e. The van der Waals surface area contributed by atoms with Crippen LogP contribution in [0.4, 0.5) is 14.5 Å². The molecular formula is C27H28F2N2O3. The molecule has 1 amide bonds. The van der Waals surface area contributed by atoms with Crippen molar-refractivity contribution < 1.29 is 23.0 Å². The molecule has 4 rings (SSSR count). The highest BCUT2D eigenvalue weighted by atomic mass is 19.1. The molecule has 0 aromatic heterocycles. The van der Waals surface area contributed by atoms with Crippen LogP contribution in [0.5, 0.6) is 11.5 Å². The second-order valence-corrected chi connectivity index (χ2v) is 8.27. The van der Waals surface area contributed by atoms with E-state index < -0.39 is 11.6 Å². The number of carbonyl (C=O) groups excluding carboxylic acids is 1. The number of halogens is 2. The standard InChI is InChI=1S/C27H28F2N2O3/c28-22-9-12-26(24(29)17-22)34-15-14-33-23-10-7-19(8-11-23)16-21(18-30)27(32)31-13-3-5-20-4-1-2-6-25(20)31/h1-2,4,6-12,17,21H,3,5,13-16,18,30H2. The average Bonchev–Trinajstić information content (AvgIpc) is 2.86. The third kappa shape index (κ3) is 5.72. The summed E-state index contributed by atoms with van der Waals surface area (Å²) in [5.74, 6) is -1.04. The Bertz CT molecular complexity index is 1120. The summed E-state index contributed by atoms with van der Waals surface area (Å²) in [6.45, 7) is 1.30. The van der Waals surface area contributed by atoms with Gasteiger partial charge in [0, 0.05) is 24.8 Å². The van der Waals surface area contributed by atoms with Gasteiger partial charge in [0.15, 0.2) is 11.6 Å². The largest absolute Gasteiger partial charge is 0.490 e. The number of anilines is 1. The molecule has 1 atom stereocenters. The SMILES string of the molecule is NCC(Cc1ccc(OCCOc2ccc(F)cc2F)cc1)C(=O)N1CCCc2ccccc21. The Hall–Kier alpha value is -3.45. The Kier molecular flexibility index (Phi) is 7.75. The fourth-order valence-electron chi connectivity index (χ4n) is 4.16. The molecule has 34 heavy (non-hydrogen) atoms. The molecule has 1 aliphatic heterocycles. The van der Waals surface area contributed by atoms with Crippen LogP contribution in [0.15, 0.2) is 66.7 Å². The van der Waals surface area contributed by atoms with Gasteiger partial charge in [0.1, 0.15) is 24.8 Å². The highest BCUT2D eigenvalue weighted by molar-refractivity contribution is 5.96. The van der Waals surface area contributed by atoms with E-state index in [0.717, 1.165) is 36.2 Å². The summed E-state index contributed by atoms with van der Waals surface area (Å²) in [5, 5.41) is 0. The summed E-state index contributed by atoms with van der Waals surface area (Å²) < 4.78 is 37.5. The molecule has 3 aromatic carbocycles. The Morgan fingerprint density at radius 2 is 1.76 bits per heavy atom. The van der Waals surface area contributed by atoms with Crippen LogP contribution in [-0.4, -0.2) is 32.2 Å². The lowest BCUT2D eigenvalue weighted by atomic mass is 9.95. The normalized spacial score (nSPS) is 13.8. The number of aryl methyl sites for hydroxylation is 1. The van der Waals surface area contributed by atoms with Gasteiger partial charge in [0.05, 0.1) is 5.92 Å². The van der Waals surface area contributed by atoms with Crippen LogP contribution in [0.1, 0.15) is 17.5 Å². The molecule has 1 heterocycles. The molecule has 7 heteroatoms. The van der Waals surface area contributed by atoms with Crippen LogP contribution in [0.25, 0.3) is 0 Å². The number of rotatable bonds is 9. The van der Waals surface area contributed by atoms with E-state index in [1.807, 2.05) is 47.4 Å². The van der Waals surface area contributed by atoms with E-state index in [1.165, 1.54) is 11.6 Å². The highest BCUT2D eigenvalue weighted by Gasteiger charge is 2.28. The minimum atomic E-state index is -0.749. The first-order chi connectivity index (χ1) is 16.5. The van der Waals surface area contributed by atoms with E-state index in [0.29, 0.717) is 18.7 Å². The van der Waals surface area contributed by atoms with Gasteiger partial charge in [-0.3, -0.25) is 4.79 Å². The van der Waals surface area contributed by atoms with Crippen LogP contribution >= 0.6 is 0 Å². The molecule has 0 saturated heterocycles. The predicted octanol–water partition coefficient (Wildman–Crippen LogP) is 4.52. The lowest BCUT2D eigenvalue weighted by molar-refractivity contribution is -0.122. The first-order valence-corrected chi connectivity index (χ1v) is 11.4.